The normalized spacial score (nSPS) is 18.5. The van der Waals surface area contributed by atoms with Crippen molar-refractivity contribution >= 4 is 5.82 Å². The second-order valence-corrected chi connectivity index (χ2v) is 9.43. The summed E-state index contributed by atoms with van der Waals surface area (Å²) < 4.78 is 52.8. The van der Waals surface area contributed by atoms with Crippen molar-refractivity contribution in [2.24, 2.45) is 0 Å². The van der Waals surface area contributed by atoms with Crippen molar-refractivity contribution in [3.63, 3.8) is 0 Å². The van der Waals surface area contributed by atoms with Crippen LogP contribution in [0, 0.1) is 5.82 Å². The lowest BCUT2D eigenvalue weighted by Crippen LogP contribution is -2.50. The van der Waals surface area contributed by atoms with Crippen LogP contribution in [0.15, 0.2) is 61.1 Å². The van der Waals surface area contributed by atoms with Crippen molar-refractivity contribution in [2.45, 2.75) is 25.1 Å². The van der Waals surface area contributed by atoms with Crippen LogP contribution in [-0.4, -0.2) is 65.6 Å². The molecule has 2 aliphatic rings. The smallest absolute Gasteiger partial charge is 0.353 e. The lowest BCUT2D eigenvalue weighted by Gasteiger charge is -2.41. The molecule has 0 amide bonds. The van der Waals surface area contributed by atoms with E-state index in [1.54, 1.807) is 30.5 Å². The molecule has 3 heterocycles. The third-order valence-electron chi connectivity index (χ3n) is 7.15. The van der Waals surface area contributed by atoms with E-state index in [-0.39, 0.29) is 11.9 Å². The Morgan fingerprint density at radius 3 is 2.14 bits per heavy atom. The topological polar surface area (TPSA) is 35.5 Å². The van der Waals surface area contributed by atoms with Crippen molar-refractivity contribution < 1.29 is 17.6 Å². The number of rotatable bonds is 6. The van der Waals surface area contributed by atoms with E-state index in [2.05, 4.69) is 24.7 Å². The van der Waals surface area contributed by atoms with Gasteiger partial charge < -0.3 is 9.80 Å². The molecule has 0 bridgehead atoms. The van der Waals surface area contributed by atoms with E-state index in [1.165, 1.54) is 30.6 Å². The highest BCUT2D eigenvalue weighted by molar-refractivity contribution is 5.75. The van der Waals surface area contributed by atoms with E-state index >= 15 is 0 Å². The molecule has 1 unspecified atom stereocenters. The Balaban J connectivity index is 1.33. The number of piperazine rings is 1. The van der Waals surface area contributed by atoms with Gasteiger partial charge in [0.1, 0.15) is 18.0 Å². The molecule has 9 heteroatoms. The molecule has 2 saturated heterocycles. The number of halogens is 4. The fraction of sp³-hybridized carbons (Fsp3) is 0.407. The van der Waals surface area contributed by atoms with Gasteiger partial charge in [-0.3, -0.25) is 4.90 Å². The zero-order chi connectivity index (χ0) is 25.1. The predicted octanol–water partition coefficient (Wildman–Crippen LogP) is 5.26. The molecular weight excluding hydrogens is 470 g/mol. The number of nitrogens with zero attached hydrogens (tertiary/aromatic N) is 5. The molecule has 190 valence electrons. The van der Waals surface area contributed by atoms with E-state index in [0.717, 1.165) is 81.2 Å². The van der Waals surface area contributed by atoms with Crippen LogP contribution in [0.1, 0.15) is 30.0 Å². The summed E-state index contributed by atoms with van der Waals surface area (Å²) >= 11 is 0. The molecular formula is C27H29F4N5. The van der Waals surface area contributed by atoms with Crippen LogP contribution in [0.5, 0.6) is 0 Å². The quantitative estimate of drug-likeness (QED) is 0.433. The first kappa shape index (κ1) is 24.6. The Morgan fingerprint density at radius 1 is 0.833 bits per heavy atom. The van der Waals surface area contributed by atoms with Gasteiger partial charge >= 0.3 is 6.18 Å². The maximum Gasteiger partial charge on any atom is 0.416 e. The van der Waals surface area contributed by atoms with Crippen LogP contribution >= 0.6 is 0 Å². The highest BCUT2D eigenvalue weighted by atomic mass is 19.4. The van der Waals surface area contributed by atoms with Crippen molar-refractivity contribution in [3.8, 4) is 11.1 Å². The van der Waals surface area contributed by atoms with Gasteiger partial charge in [0.15, 0.2) is 0 Å². The zero-order valence-corrected chi connectivity index (χ0v) is 20.0. The summed E-state index contributed by atoms with van der Waals surface area (Å²) in [6.07, 6.45) is 1.25. The summed E-state index contributed by atoms with van der Waals surface area (Å²) in [7, 11) is 0. The largest absolute Gasteiger partial charge is 0.416 e. The summed E-state index contributed by atoms with van der Waals surface area (Å²) in [4.78, 5) is 15.7. The molecule has 3 aromatic rings. The third-order valence-corrected chi connectivity index (χ3v) is 7.15. The minimum Gasteiger partial charge on any atom is -0.353 e. The molecule has 36 heavy (non-hydrogen) atoms. The molecule has 0 radical (unpaired) electrons. The van der Waals surface area contributed by atoms with Gasteiger partial charge in [0.2, 0.25) is 0 Å². The standard InChI is InChI=1S/C27H29F4N5/c28-23-9-5-20(6-10-23)24-17-32-19-33-26(24)36-15-13-35(14-16-36)25(18-34-11-1-2-12-34)21-3-7-22(8-4-21)27(29,30)31/h3-10,17,19,25H,1-2,11-16,18H2. The first-order valence-electron chi connectivity index (χ1n) is 12.3. The molecule has 5 nitrogen and oxygen atoms in total. The van der Waals surface area contributed by atoms with Crippen molar-refractivity contribution in [1.29, 1.82) is 0 Å². The maximum absolute atomic E-state index is 13.4. The van der Waals surface area contributed by atoms with E-state index < -0.39 is 11.7 Å². The summed E-state index contributed by atoms with van der Waals surface area (Å²) in [5.41, 5.74) is 2.00. The van der Waals surface area contributed by atoms with Crippen molar-refractivity contribution in [2.75, 3.05) is 50.7 Å². The number of likely N-dealkylation sites (tertiary alicyclic amines) is 1. The number of hydrogen-bond acceptors (Lipinski definition) is 5. The lowest BCUT2D eigenvalue weighted by atomic mass is 10.0. The van der Waals surface area contributed by atoms with Crippen LogP contribution in [0.4, 0.5) is 23.4 Å². The first-order valence-corrected chi connectivity index (χ1v) is 12.3. The van der Waals surface area contributed by atoms with E-state index in [0.29, 0.717) is 0 Å². The van der Waals surface area contributed by atoms with Crippen LogP contribution in [0.25, 0.3) is 11.1 Å². The number of alkyl halides is 3. The third kappa shape index (κ3) is 5.52. The van der Waals surface area contributed by atoms with E-state index in [1.807, 2.05) is 0 Å². The van der Waals surface area contributed by atoms with Gasteiger partial charge in [0.05, 0.1) is 5.56 Å². The molecule has 5 rings (SSSR count). The average molecular weight is 500 g/mol. The number of benzene rings is 2. The van der Waals surface area contributed by atoms with E-state index in [4.69, 9.17) is 0 Å². The van der Waals surface area contributed by atoms with Crippen molar-refractivity contribution in [1.82, 2.24) is 19.8 Å². The minimum atomic E-state index is -4.34. The number of anilines is 1. The maximum atomic E-state index is 13.4. The zero-order valence-electron chi connectivity index (χ0n) is 20.0. The summed E-state index contributed by atoms with van der Waals surface area (Å²) in [6.45, 7) is 5.82. The second kappa shape index (κ2) is 10.5. The Bertz CT molecular complexity index is 1140. The number of aromatic nitrogens is 2. The monoisotopic (exact) mass is 499 g/mol. The first-order chi connectivity index (χ1) is 17.4. The summed E-state index contributed by atoms with van der Waals surface area (Å²) in [6, 6.07) is 12.0. The van der Waals surface area contributed by atoms with Gasteiger partial charge in [-0.25, -0.2) is 14.4 Å². The fourth-order valence-electron chi connectivity index (χ4n) is 5.19. The Morgan fingerprint density at radius 2 is 1.50 bits per heavy atom. The molecule has 2 aliphatic heterocycles. The highest BCUT2D eigenvalue weighted by Crippen LogP contribution is 2.33. The Labute approximate surface area is 208 Å². The summed E-state index contributed by atoms with van der Waals surface area (Å²) in [5.74, 6) is 0.514. The fourth-order valence-corrected chi connectivity index (χ4v) is 5.19. The Hall–Kier alpha value is -3.04. The van der Waals surface area contributed by atoms with Gasteiger partial charge in [0, 0.05) is 50.5 Å². The molecule has 1 atom stereocenters. The molecule has 0 N–H and O–H groups in total. The molecule has 0 saturated carbocycles. The van der Waals surface area contributed by atoms with Crippen LogP contribution in [0.3, 0.4) is 0 Å². The molecule has 2 aromatic carbocycles. The summed E-state index contributed by atoms with van der Waals surface area (Å²) in [5, 5.41) is 0. The van der Waals surface area contributed by atoms with Gasteiger partial charge in [-0.2, -0.15) is 13.2 Å². The van der Waals surface area contributed by atoms with Gasteiger partial charge in [0.25, 0.3) is 0 Å². The van der Waals surface area contributed by atoms with Crippen molar-refractivity contribution in [3.05, 3.63) is 78.0 Å². The molecule has 2 fully saturated rings. The van der Waals surface area contributed by atoms with Gasteiger partial charge in [-0.15, -0.1) is 0 Å². The lowest BCUT2D eigenvalue weighted by molar-refractivity contribution is -0.137. The Kier molecular flexibility index (Phi) is 7.20. The second-order valence-electron chi connectivity index (χ2n) is 9.43. The molecule has 0 aliphatic carbocycles. The average Bonchev–Trinajstić information content (AvgIpc) is 3.41. The SMILES string of the molecule is Fc1ccc(-c2cncnc2N2CCN(C(CN3CCCC3)c3ccc(C(F)(F)F)cc3)CC2)cc1. The predicted molar refractivity (Wildman–Crippen MR) is 131 cm³/mol. The number of hydrogen-bond donors (Lipinski definition) is 0. The highest BCUT2D eigenvalue weighted by Gasteiger charge is 2.32. The van der Waals surface area contributed by atoms with E-state index in [9.17, 15) is 17.6 Å². The molecule has 1 aromatic heterocycles. The molecule has 0 spiro atoms. The van der Waals surface area contributed by atoms with Crippen LogP contribution < -0.4 is 4.90 Å². The van der Waals surface area contributed by atoms with Crippen LogP contribution in [-0.2, 0) is 6.18 Å². The minimum absolute atomic E-state index is 0.0227. The van der Waals surface area contributed by atoms with Gasteiger partial charge in [-0.1, -0.05) is 24.3 Å². The van der Waals surface area contributed by atoms with Crippen LogP contribution in [0.2, 0.25) is 0 Å². The van der Waals surface area contributed by atoms with Gasteiger partial charge in [-0.05, 0) is 61.3 Å².